The number of aliphatic hydroxyl groups is 1. The zero-order chi connectivity index (χ0) is 21.5. The Morgan fingerprint density at radius 1 is 1.23 bits per heavy atom. The van der Waals surface area contributed by atoms with E-state index in [1.807, 2.05) is 62.4 Å². The Bertz CT molecular complexity index is 973. The van der Waals surface area contributed by atoms with Crippen LogP contribution in [0.15, 0.2) is 77.7 Å². The van der Waals surface area contributed by atoms with Gasteiger partial charge in [0, 0.05) is 12.3 Å². The summed E-state index contributed by atoms with van der Waals surface area (Å²) >= 11 is 0. The molecule has 0 fully saturated rings. The minimum Gasteiger partial charge on any atom is -0.511 e. The number of carbonyl (C=O) groups is 1. The lowest BCUT2D eigenvalue weighted by Crippen LogP contribution is -2.24. The van der Waals surface area contributed by atoms with Gasteiger partial charge in [-0.05, 0) is 49.6 Å². The molecule has 1 aliphatic carbocycles. The van der Waals surface area contributed by atoms with Gasteiger partial charge in [-0.25, -0.2) is 0 Å². The Kier molecular flexibility index (Phi) is 7.07. The second kappa shape index (κ2) is 9.92. The molecule has 0 saturated heterocycles. The van der Waals surface area contributed by atoms with Crippen molar-refractivity contribution < 1.29 is 19.5 Å². The first-order valence-electron chi connectivity index (χ1n) is 10.1. The summed E-state index contributed by atoms with van der Waals surface area (Å²) in [4.78, 5) is 17.7. The number of oxime groups is 1. The minimum absolute atomic E-state index is 0.0431. The van der Waals surface area contributed by atoms with E-state index in [9.17, 15) is 9.90 Å². The van der Waals surface area contributed by atoms with Crippen LogP contribution in [-0.2, 0) is 9.63 Å². The van der Waals surface area contributed by atoms with E-state index in [2.05, 4.69) is 11.7 Å². The highest BCUT2D eigenvalue weighted by Crippen LogP contribution is 2.37. The van der Waals surface area contributed by atoms with Crippen LogP contribution < -0.4 is 4.74 Å². The summed E-state index contributed by atoms with van der Waals surface area (Å²) in [5.41, 5.74) is 2.78. The molecule has 2 aromatic carbocycles. The first kappa shape index (κ1) is 21.4. The molecule has 0 bridgehead atoms. The van der Waals surface area contributed by atoms with E-state index in [1.54, 1.807) is 6.08 Å². The number of aryl methyl sites for hydroxylation is 1. The molecule has 0 radical (unpaired) electrons. The third kappa shape index (κ3) is 4.98. The van der Waals surface area contributed by atoms with Crippen molar-refractivity contribution in [2.24, 2.45) is 5.16 Å². The molecule has 0 spiro atoms. The molecule has 156 valence electrons. The zero-order valence-corrected chi connectivity index (χ0v) is 17.4. The number of hydrogen-bond acceptors (Lipinski definition) is 5. The Labute approximate surface area is 177 Å². The van der Waals surface area contributed by atoms with Crippen LogP contribution in [0.5, 0.6) is 11.5 Å². The van der Waals surface area contributed by atoms with Crippen molar-refractivity contribution in [1.29, 1.82) is 0 Å². The van der Waals surface area contributed by atoms with Crippen LogP contribution in [0.3, 0.4) is 0 Å². The summed E-state index contributed by atoms with van der Waals surface area (Å²) in [5.74, 6) is 1.06. The number of benzene rings is 2. The van der Waals surface area contributed by atoms with Crippen LogP contribution >= 0.6 is 0 Å². The molecule has 1 N–H and O–H groups in total. The van der Waals surface area contributed by atoms with Crippen molar-refractivity contribution >= 4 is 11.5 Å². The smallest absolute Gasteiger partial charge is 0.168 e. The number of Topliss-reactive ketones (excluding diaryl/α,β-unsaturated/α-hetero) is 1. The predicted molar refractivity (Wildman–Crippen MR) is 118 cm³/mol. The van der Waals surface area contributed by atoms with Crippen molar-refractivity contribution in [3.63, 3.8) is 0 Å². The van der Waals surface area contributed by atoms with Gasteiger partial charge in [0.15, 0.2) is 5.78 Å². The molecular weight excluding hydrogens is 378 g/mol. The van der Waals surface area contributed by atoms with E-state index in [0.29, 0.717) is 30.7 Å². The first-order chi connectivity index (χ1) is 14.5. The normalized spacial score (nSPS) is 17.1. The summed E-state index contributed by atoms with van der Waals surface area (Å²) in [5, 5.41) is 15.0. The Balaban J connectivity index is 1.89. The molecule has 5 nitrogen and oxygen atoms in total. The Hall–Kier alpha value is -3.34. The van der Waals surface area contributed by atoms with Gasteiger partial charge in [-0.2, -0.15) is 0 Å². The fraction of sp³-hybridized carbons (Fsp3) is 0.280. The van der Waals surface area contributed by atoms with Crippen LogP contribution in [0.1, 0.15) is 43.2 Å². The molecule has 0 heterocycles. The lowest BCUT2D eigenvalue weighted by molar-refractivity contribution is -0.116. The average Bonchev–Trinajstić information content (AvgIpc) is 2.74. The molecule has 0 aromatic heterocycles. The van der Waals surface area contributed by atoms with Crippen LogP contribution in [0.4, 0.5) is 0 Å². The second-order valence-electron chi connectivity index (χ2n) is 7.24. The highest BCUT2D eigenvalue weighted by molar-refractivity contribution is 6.23. The second-order valence-corrected chi connectivity index (χ2v) is 7.24. The molecular formula is C25H27NO4. The maximum Gasteiger partial charge on any atom is 0.168 e. The van der Waals surface area contributed by atoms with E-state index >= 15 is 0 Å². The van der Waals surface area contributed by atoms with Gasteiger partial charge in [0.25, 0.3) is 0 Å². The third-order valence-corrected chi connectivity index (χ3v) is 5.03. The van der Waals surface area contributed by atoms with Crippen LogP contribution in [0.2, 0.25) is 0 Å². The number of hydrogen-bond donors (Lipinski definition) is 1. The van der Waals surface area contributed by atoms with Crippen LogP contribution in [0.25, 0.3) is 0 Å². The molecule has 1 unspecified atom stereocenters. The molecule has 1 aliphatic rings. The standard InChI is InChI=1S/C25H27NO4/c1-4-15-29-26-22(5-2)24-23(27)14-13-21(25(24)28)18-7-6-8-20(16-18)30-19-11-9-17(3)10-12-19/h4,6-12,16,21,28H,1,5,13-15H2,2-3H3/b26-22-. The van der Waals surface area contributed by atoms with Crippen molar-refractivity contribution in [3.05, 3.63) is 83.6 Å². The third-order valence-electron chi connectivity index (χ3n) is 5.03. The molecule has 0 saturated carbocycles. The number of nitrogens with zero attached hydrogens (tertiary/aromatic N) is 1. The summed E-state index contributed by atoms with van der Waals surface area (Å²) in [7, 11) is 0. The Morgan fingerprint density at radius 3 is 2.70 bits per heavy atom. The van der Waals surface area contributed by atoms with Gasteiger partial charge in [-0.3, -0.25) is 4.79 Å². The van der Waals surface area contributed by atoms with Crippen molar-refractivity contribution in [2.45, 2.75) is 39.0 Å². The molecule has 1 atom stereocenters. The fourth-order valence-electron chi connectivity index (χ4n) is 3.48. The number of ketones is 1. The molecule has 2 aromatic rings. The van der Waals surface area contributed by atoms with Gasteiger partial charge >= 0.3 is 0 Å². The average molecular weight is 405 g/mol. The number of carbonyl (C=O) groups excluding carboxylic acids is 1. The molecule has 3 rings (SSSR count). The number of allylic oxidation sites excluding steroid dienone is 2. The Morgan fingerprint density at radius 2 is 2.00 bits per heavy atom. The van der Waals surface area contributed by atoms with Gasteiger partial charge in [0.1, 0.15) is 23.9 Å². The van der Waals surface area contributed by atoms with Gasteiger partial charge in [0.05, 0.1) is 11.3 Å². The highest BCUT2D eigenvalue weighted by Gasteiger charge is 2.32. The molecule has 30 heavy (non-hydrogen) atoms. The van der Waals surface area contributed by atoms with E-state index in [0.717, 1.165) is 16.9 Å². The summed E-state index contributed by atoms with van der Waals surface area (Å²) in [6.45, 7) is 7.73. The van der Waals surface area contributed by atoms with Crippen LogP contribution in [-0.4, -0.2) is 23.2 Å². The first-order valence-corrected chi connectivity index (χ1v) is 10.1. The SMILES string of the molecule is C=CCO/N=C(/CC)C1=C(O)C(c2cccc(Oc3ccc(C)cc3)c2)CCC1=O. The van der Waals surface area contributed by atoms with Crippen molar-refractivity contribution in [1.82, 2.24) is 0 Å². The fourth-order valence-corrected chi connectivity index (χ4v) is 3.48. The topological polar surface area (TPSA) is 68.1 Å². The molecule has 0 aliphatic heterocycles. The van der Waals surface area contributed by atoms with Crippen molar-refractivity contribution in [3.8, 4) is 11.5 Å². The van der Waals surface area contributed by atoms with Gasteiger partial charge < -0.3 is 14.7 Å². The lowest BCUT2D eigenvalue weighted by Gasteiger charge is -2.25. The maximum atomic E-state index is 12.6. The van der Waals surface area contributed by atoms with Gasteiger partial charge in [-0.1, -0.05) is 54.6 Å². The van der Waals surface area contributed by atoms with E-state index in [-0.39, 0.29) is 29.6 Å². The lowest BCUT2D eigenvalue weighted by atomic mass is 9.81. The minimum atomic E-state index is -0.296. The summed E-state index contributed by atoms with van der Waals surface area (Å²) < 4.78 is 5.96. The van der Waals surface area contributed by atoms with Gasteiger partial charge in [0.2, 0.25) is 0 Å². The van der Waals surface area contributed by atoms with Crippen LogP contribution in [0, 0.1) is 6.92 Å². The summed E-state index contributed by atoms with van der Waals surface area (Å²) in [6.07, 6.45) is 2.93. The number of aliphatic hydroxyl groups excluding tert-OH is 1. The zero-order valence-electron chi connectivity index (χ0n) is 17.4. The van der Waals surface area contributed by atoms with E-state index in [1.165, 1.54) is 0 Å². The summed E-state index contributed by atoms with van der Waals surface area (Å²) in [6, 6.07) is 15.4. The highest BCUT2D eigenvalue weighted by atomic mass is 16.6. The van der Waals surface area contributed by atoms with Gasteiger partial charge in [-0.15, -0.1) is 0 Å². The van der Waals surface area contributed by atoms with Crippen molar-refractivity contribution in [2.75, 3.05) is 6.61 Å². The number of rotatable bonds is 8. The maximum absolute atomic E-state index is 12.6. The monoisotopic (exact) mass is 405 g/mol. The number of ether oxygens (including phenoxy) is 1. The quantitative estimate of drug-likeness (QED) is 0.253. The van der Waals surface area contributed by atoms with E-state index in [4.69, 9.17) is 9.57 Å². The molecule has 0 amide bonds. The predicted octanol–water partition coefficient (Wildman–Crippen LogP) is 6.01. The largest absolute Gasteiger partial charge is 0.511 e. The molecule has 5 heteroatoms. The van der Waals surface area contributed by atoms with E-state index < -0.39 is 0 Å².